The number of hydrogen-bond acceptors (Lipinski definition) is 4. The predicted molar refractivity (Wildman–Crippen MR) is 131 cm³/mol. The van der Waals surface area contributed by atoms with Crippen LogP contribution >= 0.6 is 11.6 Å². The number of nitrogens with zero attached hydrogens (tertiary/aromatic N) is 2. The number of hydrogen-bond donors (Lipinski definition) is 1. The number of aromatic nitrogens is 1. The van der Waals surface area contributed by atoms with E-state index in [1.807, 2.05) is 24.3 Å². The van der Waals surface area contributed by atoms with Crippen molar-refractivity contribution >= 4 is 28.5 Å². The molecule has 2 atom stereocenters. The molecule has 7 heteroatoms. The van der Waals surface area contributed by atoms with Crippen LogP contribution in [0.25, 0.3) is 11.0 Å². The molecule has 1 aromatic heterocycles. The van der Waals surface area contributed by atoms with Gasteiger partial charge in [-0.3, -0.25) is 4.79 Å². The van der Waals surface area contributed by atoms with E-state index in [0.29, 0.717) is 34.8 Å². The fourth-order valence-corrected chi connectivity index (χ4v) is 5.79. The molecule has 1 aliphatic carbocycles. The van der Waals surface area contributed by atoms with Crippen LogP contribution in [0.4, 0.5) is 4.39 Å². The minimum atomic E-state index is -0.294. The van der Waals surface area contributed by atoms with Gasteiger partial charge in [0.1, 0.15) is 5.82 Å². The molecule has 1 saturated carbocycles. The summed E-state index contributed by atoms with van der Waals surface area (Å²) in [5.74, 6) is 1.31. The third-order valence-electron chi connectivity index (χ3n) is 7.58. The second kappa shape index (κ2) is 10.4. The second-order valence-corrected chi connectivity index (χ2v) is 10.3. The Morgan fingerprint density at radius 2 is 1.85 bits per heavy atom. The second-order valence-electron chi connectivity index (χ2n) is 9.84. The first-order valence-corrected chi connectivity index (χ1v) is 12.7. The molecule has 34 heavy (non-hydrogen) atoms. The Bertz CT molecular complexity index is 1120. The molecule has 1 N–H and O–H groups in total. The molecule has 1 saturated heterocycles. The third-order valence-corrected chi connectivity index (χ3v) is 7.84. The van der Waals surface area contributed by atoms with Crippen molar-refractivity contribution < 1.29 is 13.7 Å². The Kier molecular flexibility index (Phi) is 7.16. The molecule has 3 aromatic rings. The number of amides is 1. The van der Waals surface area contributed by atoms with Crippen LogP contribution < -0.4 is 5.32 Å². The number of benzene rings is 2. The summed E-state index contributed by atoms with van der Waals surface area (Å²) in [5, 5.41) is 9.06. The summed E-state index contributed by atoms with van der Waals surface area (Å²) in [6.07, 6.45) is 6.12. The smallest absolute Gasteiger partial charge is 0.224 e. The van der Waals surface area contributed by atoms with Crippen LogP contribution in [0.2, 0.25) is 5.02 Å². The lowest BCUT2D eigenvalue weighted by Crippen LogP contribution is -2.39. The predicted octanol–water partition coefficient (Wildman–Crippen LogP) is 5.57. The molecule has 5 rings (SSSR count). The normalized spacial score (nSPS) is 21.8. The first kappa shape index (κ1) is 23.3. The van der Waals surface area contributed by atoms with E-state index < -0.39 is 0 Å². The number of nitrogens with one attached hydrogen (secondary N) is 1. The van der Waals surface area contributed by atoms with Gasteiger partial charge in [-0.2, -0.15) is 0 Å². The molecule has 2 aliphatic rings. The molecule has 0 unspecified atom stereocenters. The van der Waals surface area contributed by atoms with Gasteiger partial charge < -0.3 is 14.7 Å². The molecule has 5 nitrogen and oxygen atoms in total. The van der Waals surface area contributed by atoms with Crippen molar-refractivity contribution in [1.82, 2.24) is 15.4 Å². The van der Waals surface area contributed by atoms with Gasteiger partial charge >= 0.3 is 0 Å². The topological polar surface area (TPSA) is 58.4 Å². The van der Waals surface area contributed by atoms with Crippen molar-refractivity contribution in [3.8, 4) is 0 Å². The van der Waals surface area contributed by atoms with Crippen LogP contribution in [-0.2, 0) is 11.2 Å². The van der Waals surface area contributed by atoms with E-state index in [-0.39, 0.29) is 11.7 Å². The van der Waals surface area contributed by atoms with Gasteiger partial charge in [0.15, 0.2) is 5.58 Å². The summed E-state index contributed by atoms with van der Waals surface area (Å²) in [7, 11) is 0. The third kappa shape index (κ3) is 5.44. The van der Waals surface area contributed by atoms with Crippen LogP contribution in [0.1, 0.15) is 49.3 Å². The van der Waals surface area contributed by atoms with E-state index >= 15 is 0 Å². The maximum absolute atomic E-state index is 13.5. The Hall–Kier alpha value is -2.44. The van der Waals surface area contributed by atoms with E-state index in [9.17, 15) is 9.18 Å². The molecule has 2 fully saturated rings. The Labute approximate surface area is 204 Å². The molecule has 2 aromatic carbocycles. The van der Waals surface area contributed by atoms with Gasteiger partial charge in [-0.25, -0.2) is 4.39 Å². The van der Waals surface area contributed by atoms with Crippen molar-refractivity contribution in [2.45, 2.75) is 44.4 Å². The van der Waals surface area contributed by atoms with Crippen LogP contribution in [0, 0.1) is 17.7 Å². The summed E-state index contributed by atoms with van der Waals surface area (Å²) in [6, 6.07) is 12.1. The summed E-state index contributed by atoms with van der Waals surface area (Å²) in [4.78, 5) is 15.0. The molecule has 1 aliphatic heterocycles. The summed E-state index contributed by atoms with van der Waals surface area (Å²) < 4.78 is 18.8. The highest BCUT2D eigenvalue weighted by Gasteiger charge is 2.31. The van der Waals surface area contributed by atoms with E-state index in [2.05, 4.69) is 15.4 Å². The molecule has 0 spiro atoms. The zero-order chi connectivity index (χ0) is 23.5. The zero-order valence-electron chi connectivity index (χ0n) is 19.3. The quantitative estimate of drug-likeness (QED) is 0.477. The number of carbonyl (C=O) groups excluding carboxylic acids is 1. The van der Waals surface area contributed by atoms with Crippen LogP contribution in [0.5, 0.6) is 0 Å². The highest BCUT2D eigenvalue weighted by molar-refractivity contribution is 6.30. The summed E-state index contributed by atoms with van der Waals surface area (Å²) in [6.45, 7) is 3.92. The van der Waals surface area contributed by atoms with Crippen molar-refractivity contribution in [3.05, 3.63) is 64.6 Å². The number of carbonyl (C=O) groups is 1. The van der Waals surface area contributed by atoms with Gasteiger partial charge in [0.25, 0.3) is 0 Å². The lowest BCUT2D eigenvalue weighted by atomic mass is 9.89. The molecule has 0 bridgehead atoms. The molecular weight excluding hydrogens is 453 g/mol. The molecule has 2 heterocycles. The fourth-order valence-electron chi connectivity index (χ4n) is 5.66. The number of fused-ring (bicyclic) bond motifs is 1. The van der Waals surface area contributed by atoms with Crippen molar-refractivity contribution in [2.75, 3.05) is 26.2 Å². The first-order chi connectivity index (χ1) is 16.5. The molecule has 1 amide bonds. The van der Waals surface area contributed by atoms with Crippen molar-refractivity contribution in [2.24, 2.45) is 11.8 Å². The average molecular weight is 484 g/mol. The van der Waals surface area contributed by atoms with Crippen molar-refractivity contribution in [1.29, 1.82) is 0 Å². The highest BCUT2D eigenvalue weighted by atomic mass is 35.5. The highest BCUT2D eigenvalue weighted by Crippen LogP contribution is 2.36. The van der Waals surface area contributed by atoms with E-state index in [0.717, 1.165) is 55.7 Å². The first-order valence-electron chi connectivity index (χ1n) is 12.3. The zero-order valence-corrected chi connectivity index (χ0v) is 20.1. The lowest BCUT2D eigenvalue weighted by Gasteiger charge is -2.34. The van der Waals surface area contributed by atoms with Gasteiger partial charge in [0.2, 0.25) is 5.91 Å². The maximum atomic E-state index is 13.5. The largest absolute Gasteiger partial charge is 0.356 e. The van der Waals surface area contributed by atoms with Gasteiger partial charge in [0, 0.05) is 35.5 Å². The minimum Gasteiger partial charge on any atom is -0.356 e. The van der Waals surface area contributed by atoms with Gasteiger partial charge in [0.05, 0.1) is 12.1 Å². The maximum Gasteiger partial charge on any atom is 0.224 e. The fraction of sp³-hybridized carbons (Fsp3) is 0.481. The number of piperidine rings is 1. The van der Waals surface area contributed by atoms with Gasteiger partial charge in [-0.15, -0.1) is 0 Å². The Balaban J connectivity index is 1.09. The van der Waals surface area contributed by atoms with Crippen LogP contribution in [0.15, 0.2) is 47.0 Å². The van der Waals surface area contributed by atoms with Crippen LogP contribution in [0.3, 0.4) is 0 Å². The number of rotatable bonds is 7. The molecule has 180 valence electrons. The van der Waals surface area contributed by atoms with E-state index in [1.165, 1.54) is 31.4 Å². The SMILES string of the molecule is O=C(Cc1ccc(Cl)cc1)NC[C@H]1CCC[C@@H]1CN1CCC(c2noc3cc(F)ccc23)CC1. The molecule has 0 radical (unpaired) electrons. The monoisotopic (exact) mass is 483 g/mol. The standard InChI is InChI=1S/C27H31ClFN3O2/c28-22-6-4-18(5-7-22)14-26(33)30-16-20-2-1-3-21(20)17-32-12-10-19(11-13-32)27-24-9-8-23(29)15-25(24)34-31-27/h4-9,15,19-21H,1-3,10-14,16-17H2,(H,30,33)/t20-,21-/m1/s1. The van der Waals surface area contributed by atoms with E-state index in [1.54, 1.807) is 6.07 Å². The molecular formula is C27H31ClFN3O2. The van der Waals surface area contributed by atoms with Gasteiger partial charge in [-0.05, 0) is 80.4 Å². The average Bonchev–Trinajstić information content (AvgIpc) is 3.46. The Morgan fingerprint density at radius 1 is 1.09 bits per heavy atom. The summed E-state index contributed by atoms with van der Waals surface area (Å²) >= 11 is 5.93. The van der Waals surface area contributed by atoms with Crippen LogP contribution in [-0.4, -0.2) is 42.1 Å². The van der Waals surface area contributed by atoms with Gasteiger partial charge in [-0.1, -0.05) is 35.3 Å². The van der Waals surface area contributed by atoms with Crippen molar-refractivity contribution in [3.63, 3.8) is 0 Å². The lowest BCUT2D eigenvalue weighted by molar-refractivity contribution is -0.120. The summed E-state index contributed by atoms with van der Waals surface area (Å²) in [5.41, 5.74) is 2.49. The number of halogens is 2. The Morgan fingerprint density at radius 3 is 2.65 bits per heavy atom. The van der Waals surface area contributed by atoms with E-state index in [4.69, 9.17) is 16.1 Å². The number of likely N-dealkylation sites (tertiary alicyclic amines) is 1. The minimum absolute atomic E-state index is 0.0773.